The largest absolute Gasteiger partial charge is 0.377 e. The fraction of sp³-hybridized carbons (Fsp3) is 0.353. The molecule has 0 saturated carbocycles. The van der Waals surface area contributed by atoms with Crippen LogP contribution in [0.1, 0.15) is 19.4 Å². The molecule has 0 aliphatic carbocycles. The van der Waals surface area contributed by atoms with Gasteiger partial charge in [-0.3, -0.25) is 4.79 Å². The van der Waals surface area contributed by atoms with Crippen molar-refractivity contribution in [2.24, 2.45) is 0 Å². The molecule has 1 amide bonds. The monoisotopic (exact) mass is 312 g/mol. The minimum atomic E-state index is -0.0501. The first-order valence-electron chi connectivity index (χ1n) is 7.74. The number of hydrogen-bond acceptors (Lipinski definition) is 5. The molecule has 0 bridgehead atoms. The number of hydrogen-bond donors (Lipinski definition) is 2. The molecule has 6 nitrogen and oxygen atoms in total. The van der Waals surface area contributed by atoms with Gasteiger partial charge in [-0.2, -0.15) is 0 Å². The molecular formula is C17H20N4O2. The highest BCUT2D eigenvalue weighted by atomic mass is 16.5. The van der Waals surface area contributed by atoms with Gasteiger partial charge in [-0.25, -0.2) is 9.97 Å². The first kappa shape index (κ1) is 15.4. The maximum atomic E-state index is 12.0. The molecule has 1 aliphatic rings. The zero-order valence-corrected chi connectivity index (χ0v) is 13.3. The van der Waals surface area contributed by atoms with Gasteiger partial charge in [-0.1, -0.05) is 18.2 Å². The zero-order valence-electron chi connectivity index (χ0n) is 13.3. The predicted molar refractivity (Wildman–Crippen MR) is 89.4 cm³/mol. The van der Waals surface area contributed by atoms with Crippen molar-refractivity contribution in [1.82, 2.24) is 9.97 Å². The lowest BCUT2D eigenvalue weighted by Crippen LogP contribution is -2.15. The van der Waals surface area contributed by atoms with Crippen LogP contribution in [0.5, 0.6) is 0 Å². The van der Waals surface area contributed by atoms with Crippen LogP contribution in [0, 0.1) is 0 Å². The van der Waals surface area contributed by atoms with Crippen LogP contribution in [-0.4, -0.2) is 35.1 Å². The van der Waals surface area contributed by atoms with E-state index in [4.69, 9.17) is 4.74 Å². The van der Waals surface area contributed by atoms with Crippen molar-refractivity contribution in [2.75, 3.05) is 23.8 Å². The van der Waals surface area contributed by atoms with Crippen LogP contribution in [0.3, 0.4) is 0 Å². The Kier molecular flexibility index (Phi) is 4.52. The van der Waals surface area contributed by atoms with E-state index in [-0.39, 0.29) is 18.4 Å². The Morgan fingerprint density at radius 2 is 2.17 bits per heavy atom. The number of aromatic nitrogens is 2. The van der Waals surface area contributed by atoms with Crippen molar-refractivity contribution in [3.8, 4) is 11.3 Å². The van der Waals surface area contributed by atoms with Crippen molar-refractivity contribution in [2.45, 2.75) is 26.4 Å². The van der Waals surface area contributed by atoms with E-state index in [9.17, 15) is 4.79 Å². The Morgan fingerprint density at radius 1 is 1.35 bits per heavy atom. The van der Waals surface area contributed by atoms with Gasteiger partial charge in [0.2, 0.25) is 11.9 Å². The molecule has 0 atom stereocenters. The third-order valence-corrected chi connectivity index (χ3v) is 3.51. The first-order valence-corrected chi connectivity index (χ1v) is 7.74. The van der Waals surface area contributed by atoms with Gasteiger partial charge < -0.3 is 15.4 Å². The smallest absolute Gasteiger partial charge is 0.228 e. The molecular weight excluding hydrogens is 292 g/mol. The summed E-state index contributed by atoms with van der Waals surface area (Å²) in [4.78, 5) is 20.9. The van der Waals surface area contributed by atoms with E-state index in [1.807, 2.05) is 38.1 Å². The lowest BCUT2D eigenvalue weighted by Gasteiger charge is -2.11. The van der Waals surface area contributed by atoms with Gasteiger partial charge in [0, 0.05) is 23.9 Å². The van der Waals surface area contributed by atoms with Crippen LogP contribution in [0.15, 0.2) is 30.5 Å². The molecule has 0 fully saturated rings. The van der Waals surface area contributed by atoms with Crippen molar-refractivity contribution in [1.29, 1.82) is 0 Å². The summed E-state index contributed by atoms with van der Waals surface area (Å²) in [5.41, 5.74) is 3.32. The number of carbonyl (C=O) groups excluding carboxylic acids is 1. The number of benzene rings is 1. The van der Waals surface area contributed by atoms with E-state index in [0.29, 0.717) is 19.1 Å². The molecule has 0 saturated heterocycles. The summed E-state index contributed by atoms with van der Waals surface area (Å²) in [5, 5.41) is 6.07. The molecule has 120 valence electrons. The van der Waals surface area contributed by atoms with E-state index in [1.54, 1.807) is 6.20 Å². The Morgan fingerprint density at radius 3 is 3.00 bits per heavy atom. The molecule has 2 aromatic rings. The molecule has 0 radical (unpaired) electrons. The van der Waals surface area contributed by atoms with Crippen LogP contribution in [0.25, 0.3) is 11.3 Å². The molecule has 23 heavy (non-hydrogen) atoms. The summed E-state index contributed by atoms with van der Waals surface area (Å²) in [6, 6.07) is 7.67. The van der Waals surface area contributed by atoms with Crippen LogP contribution in [0.4, 0.5) is 11.6 Å². The van der Waals surface area contributed by atoms with Crippen molar-refractivity contribution >= 4 is 17.5 Å². The Hall–Kier alpha value is -2.47. The summed E-state index contributed by atoms with van der Waals surface area (Å²) in [5.74, 6) is 0.492. The molecule has 2 heterocycles. The molecule has 0 unspecified atom stereocenters. The summed E-state index contributed by atoms with van der Waals surface area (Å²) < 4.78 is 5.49. The number of nitrogens with one attached hydrogen (secondary N) is 2. The minimum Gasteiger partial charge on any atom is -0.377 e. The standard InChI is InChI=1S/C17H20N4O2/c1-11(2)23-8-7-18-17-19-10-12-9-15(22)20-14-6-4-3-5-13(14)16(12)21-17/h3-6,10-11H,7-9H2,1-2H3,(H,20,22)(H,18,19,21). The normalized spacial score (nSPS) is 13.1. The highest BCUT2D eigenvalue weighted by Gasteiger charge is 2.20. The van der Waals surface area contributed by atoms with E-state index in [0.717, 1.165) is 22.5 Å². The number of anilines is 2. The molecule has 3 rings (SSSR count). The number of fused-ring (bicyclic) bond motifs is 3. The lowest BCUT2D eigenvalue weighted by atomic mass is 10.1. The van der Waals surface area contributed by atoms with Crippen molar-refractivity contribution in [3.05, 3.63) is 36.0 Å². The number of nitrogens with zero attached hydrogens (tertiary/aromatic N) is 2. The number of ether oxygens (including phenoxy) is 1. The SMILES string of the molecule is CC(C)OCCNc1ncc2c(n1)-c1ccccc1NC(=O)C2. The topological polar surface area (TPSA) is 76.1 Å². The zero-order chi connectivity index (χ0) is 16.2. The average Bonchev–Trinajstić information content (AvgIpc) is 2.66. The van der Waals surface area contributed by atoms with Crippen LogP contribution >= 0.6 is 0 Å². The highest BCUT2D eigenvalue weighted by molar-refractivity contribution is 5.99. The van der Waals surface area contributed by atoms with Crippen LogP contribution in [0.2, 0.25) is 0 Å². The molecule has 0 spiro atoms. The Labute approximate surface area is 135 Å². The van der Waals surface area contributed by atoms with Gasteiger partial charge in [0.05, 0.1) is 30.5 Å². The summed E-state index contributed by atoms with van der Waals surface area (Å²) in [6.45, 7) is 5.23. The van der Waals surface area contributed by atoms with Crippen molar-refractivity contribution < 1.29 is 9.53 Å². The molecule has 6 heteroatoms. The second kappa shape index (κ2) is 6.75. The highest BCUT2D eigenvalue weighted by Crippen LogP contribution is 2.32. The fourth-order valence-electron chi connectivity index (χ4n) is 2.48. The van der Waals surface area contributed by atoms with E-state index < -0.39 is 0 Å². The van der Waals surface area contributed by atoms with Crippen LogP contribution < -0.4 is 10.6 Å². The summed E-state index contributed by atoms with van der Waals surface area (Å²) >= 11 is 0. The van der Waals surface area contributed by atoms with Gasteiger partial charge in [0.1, 0.15) is 0 Å². The number of rotatable bonds is 5. The number of carbonyl (C=O) groups is 1. The molecule has 2 N–H and O–H groups in total. The second-order valence-electron chi connectivity index (χ2n) is 5.68. The third-order valence-electron chi connectivity index (χ3n) is 3.51. The van der Waals surface area contributed by atoms with Gasteiger partial charge >= 0.3 is 0 Å². The van der Waals surface area contributed by atoms with Gasteiger partial charge in [0.15, 0.2) is 0 Å². The van der Waals surface area contributed by atoms with Gasteiger partial charge in [0.25, 0.3) is 0 Å². The Balaban J connectivity index is 1.84. The Bertz CT molecular complexity index is 715. The number of para-hydroxylation sites is 1. The third kappa shape index (κ3) is 3.65. The summed E-state index contributed by atoms with van der Waals surface area (Å²) in [6.07, 6.45) is 2.20. The molecule has 1 aromatic heterocycles. The molecule has 1 aromatic carbocycles. The van der Waals surface area contributed by atoms with Crippen molar-refractivity contribution in [3.63, 3.8) is 0 Å². The van der Waals surface area contributed by atoms with Gasteiger partial charge in [-0.15, -0.1) is 0 Å². The lowest BCUT2D eigenvalue weighted by molar-refractivity contribution is -0.115. The summed E-state index contributed by atoms with van der Waals surface area (Å²) in [7, 11) is 0. The number of amides is 1. The maximum Gasteiger partial charge on any atom is 0.228 e. The maximum absolute atomic E-state index is 12.0. The quantitative estimate of drug-likeness (QED) is 0.830. The van der Waals surface area contributed by atoms with E-state index >= 15 is 0 Å². The molecule has 1 aliphatic heterocycles. The van der Waals surface area contributed by atoms with Gasteiger partial charge in [-0.05, 0) is 19.9 Å². The fourth-order valence-corrected chi connectivity index (χ4v) is 2.48. The minimum absolute atomic E-state index is 0.0501. The van der Waals surface area contributed by atoms with E-state index in [2.05, 4.69) is 20.6 Å². The van der Waals surface area contributed by atoms with Crippen LogP contribution in [-0.2, 0) is 16.0 Å². The van der Waals surface area contributed by atoms with E-state index in [1.165, 1.54) is 0 Å². The predicted octanol–water partition coefficient (Wildman–Crippen LogP) is 2.48. The average molecular weight is 312 g/mol. The second-order valence-corrected chi connectivity index (χ2v) is 5.68. The first-order chi connectivity index (χ1) is 11.1.